The highest BCUT2D eigenvalue weighted by atomic mass is 127. The lowest BCUT2D eigenvalue weighted by Crippen LogP contribution is -2.07. The first-order valence-corrected chi connectivity index (χ1v) is 9.68. The second-order valence-electron chi connectivity index (χ2n) is 4.58. The summed E-state index contributed by atoms with van der Waals surface area (Å²) in [6.07, 6.45) is 0. The lowest BCUT2D eigenvalue weighted by molar-refractivity contribution is 0.142. The summed E-state index contributed by atoms with van der Waals surface area (Å²) in [6, 6.07) is 15.8. The zero-order chi connectivity index (χ0) is 15.2. The maximum Gasteiger partial charge on any atom is 0.0625 e. The van der Waals surface area contributed by atoms with Crippen LogP contribution in [0, 0.1) is 0 Å². The number of ether oxygens (including phenoxy) is 1. The van der Waals surface area contributed by atoms with Crippen molar-refractivity contribution in [3.05, 3.63) is 69.7 Å². The van der Waals surface area contributed by atoms with E-state index in [4.69, 9.17) is 27.9 Å². The van der Waals surface area contributed by atoms with E-state index in [1.165, 1.54) is 11.1 Å². The van der Waals surface area contributed by atoms with Crippen LogP contribution < -0.4 is 0 Å². The molecule has 0 radical (unpaired) electrons. The molecule has 0 spiro atoms. The first kappa shape index (κ1) is 17.8. The van der Waals surface area contributed by atoms with Gasteiger partial charge in [0.15, 0.2) is 0 Å². The van der Waals surface area contributed by atoms with Crippen LogP contribution in [0.5, 0.6) is 0 Å². The van der Waals surface area contributed by atoms with E-state index in [1.54, 1.807) is 0 Å². The van der Waals surface area contributed by atoms with Gasteiger partial charge >= 0.3 is 0 Å². The summed E-state index contributed by atoms with van der Waals surface area (Å²) in [4.78, 5) is 0. The van der Waals surface area contributed by atoms with E-state index in [-0.39, 0.29) is 0 Å². The second kappa shape index (κ2) is 8.91. The molecule has 0 aliphatic carbocycles. The summed E-state index contributed by atoms with van der Waals surface area (Å²) in [7, 11) is 0. The number of halogens is 4. The van der Waals surface area contributed by atoms with Crippen molar-refractivity contribution in [1.82, 2.24) is 0 Å². The fraction of sp³-hybridized carbons (Fsp3) is 0.250. The van der Waals surface area contributed by atoms with Crippen molar-refractivity contribution in [2.75, 3.05) is 13.2 Å². The predicted octanol–water partition coefficient (Wildman–Crippen LogP) is 6.66. The molecule has 0 fully saturated rings. The van der Waals surface area contributed by atoms with Gasteiger partial charge in [0.25, 0.3) is 0 Å². The lowest BCUT2D eigenvalue weighted by atomic mass is 10.1. The highest BCUT2D eigenvalue weighted by molar-refractivity contribution is 14.1. The predicted molar refractivity (Wildman–Crippen MR) is 107 cm³/mol. The molecule has 0 bridgehead atoms. The molecule has 2 atom stereocenters. The van der Waals surface area contributed by atoms with Gasteiger partial charge in [-0.3, -0.25) is 0 Å². The Kier molecular flexibility index (Phi) is 7.55. The molecule has 0 saturated heterocycles. The Bertz CT molecular complexity index is 506. The van der Waals surface area contributed by atoms with Crippen LogP contribution in [-0.4, -0.2) is 13.2 Å². The quantitative estimate of drug-likeness (QED) is 0.291. The molecule has 112 valence electrons. The maximum absolute atomic E-state index is 5.90. The van der Waals surface area contributed by atoms with Crippen LogP contribution in [0.2, 0.25) is 10.0 Å². The van der Waals surface area contributed by atoms with Crippen molar-refractivity contribution in [2.45, 2.75) is 7.85 Å². The molecule has 0 heterocycles. The van der Waals surface area contributed by atoms with Gasteiger partial charge in [0, 0.05) is 10.0 Å². The smallest absolute Gasteiger partial charge is 0.0625 e. The van der Waals surface area contributed by atoms with Crippen LogP contribution in [0.1, 0.15) is 19.0 Å². The zero-order valence-corrected chi connectivity index (χ0v) is 16.9. The molecule has 0 saturated carbocycles. The molecule has 2 rings (SSSR count). The second-order valence-corrected chi connectivity index (χ2v) is 8.46. The van der Waals surface area contributed by atoms with Crippen LogP contribution in [0.15, 0.2) is 48.5 Å². The van der Waals surface area contributed by atoms with Crippen molar-refractivity contribution in [2.24, 2.45) is 0 Å². The number of rotatable bonds is 6. The van der Waals surface area contributed by atoms with Gasteiger partial charge in [-0.1, -0.05) is 92.6 Å². The minimum atomic E-state index is 0.327. The summed E-state index contributed by atoms with van der Waals surface area (Å²) in [5.41, 5.74) is 2.47. The molecule has 2 unspecified atom stereocenters. The average molecular weight is 547 g/mol. The first-order valence-electron chi connectivity index (χ1n) is 6.43. The van der Waals surface area contributed by atoms with Crippen molar-refractivity contribution >= 4 is 68.4 Å². The molecule has 21 heavy (non-hydrogen) atoms. The zero-order valence-electron chi connectivity index (χ0n) is 11.1. The first-order chi connectivity index (χ1) is 10.1. The molecule has 0 N–H and O–H groups in total. The van der Waals surface area contributed by atoms with Crippen LogP contribution in [0.25, 0.3) is 0 Å². The fourth-order valence-corrected chi connectivity index (χ4v) is 3.40. The maximum atomic E-state index is 5.90. The molecule has 0 amide bonds. The summed E-state index contributed by atoms with van der Waals surface area (Å²) in [5, 5.41) is 1.52. The van der Waals surface area contributed by atoms with Gasteiger partial charge in [0.2, 0.25) is 0 Å². The van der Waals surface area contributed by atoms with Gasteiger partial charge in [-0.15, -0.1) is 0 Å². The average Bonchev–Trinajstić information content (AvgIpc) is 2.48. The molecular formula is C16H14Cl2I2O. The normalized spacial score (nSPS) is 13.9. The van der Waals surface area contributed by atoms with E-state index in [9.17, 15) is 0 Å². The third-order valence-corrected chi connectivity index (χ3v) is 5.65. The van der Waals surface area contributed by atoms with Gasteiger partial charge in [0.05, 0.1) is 21.1 Å². The number of alkyl halides is 2. The molecule has 5 heteroatoms. The molecular weight excluding hydrogens is 533 g/mol. The highest BCUT2D eigenvalue weighted by Gasteiger charge is 2.11. The Morgan fingerprint density at radius 1 is 0.714 bits per heavy atom. The fourth-order valence-electron chi connectivity index (χ4n) is 1.81. The largest absolute Gasteiger partial charge is 0.379 e. The Morgan fingerprint density at radius 2 is 1.05 bits per heavy atom. The Hall–Kier alpha value is 0.440. The highest BCUT2D eigenvalue weighted by Crippen LogP contribution is 2.28. The van der Waals surface area contributed by atoms with Gasteiger partial charge in [0.1, 0.15) is 0 Å². The summed E-state index contributed by atoms with van der Waals surface area (Å²) >= 11 is 16.6. The van der Waals surface area contributed by atoms with E-state index < -0.39 is 0 Å². The van der Waals surface area contributed by atoms with E-state index in [0.29, 0.717) is 21.1 Å². The molecule has 0 aliphatic rings. The topological polar surface area (TPSA) is 9.23 Å². The van der Waals surface area contributed by atoms with Crippen molar-refractivity contribution in [1.29, 1.82) is 0 Å². The Balaban J connectivity index is 1.80. The summed E-state index contributed by atoms with van der Waals surface area (Å²) < 4.78 is 6.50. The van der Waals surface area contributed by atoms with E-state index in [2.05, 4.69) is 45.2 Å². The Labute approximate surface area is 162 Å². The third kappa shape index (κ3) is 5.86. The van der Waals surface area contributed by atoms with Crippen LogP contribution in [0.3, 0.4) is 0 Å². The third-order valence-electron chi connectivity index (χ3n) is 2.99. The summed E-state index contributed by atoms with van der Waals surface area (Å²) in [6.45, 7) is 1.38. The SMILES string of the molecule is Clc1ccc(C(I)COCC(I)c2ccc(Cl)cc2)cc1. The van der Waals surface area contributed by atoms with Crippen LogP contribution >= 0.6 is 68.4 Å². The lowest BCUT2D eigenvalue weighted by Gasteiger charge is -2.14. The number of hydrogen-bond acceptors (Lipinski definition) is 1. The van der Waals surface area contributed by atoms with Crippen molar-refractivity contribution in [3.8, 4) is 0 Å². The minimum Gasteiger partial charge on any atom is -0.379 e. The molecule has 0 aromatic heterocycles. The van der Waals surface area contributed by atoms with Crippen molar-refractivity contribution in [3.63, 3.8) is 0 Å². The monoisotopic (exact) mass is 546 g/mol. The molecule has 1 nitrogen and oxygen atoms in total. The molecule has 2 aromatic rings. The van der Waals surface area contributed by atoms with Gasteiger partial charge in [-0.05, 0) is 35.4 Å². The standard InChI is InChI=1S/C16H14Cl2I2O/c17-13-5-1-11(2-6-13)15(19)9-21-10-16(20)12-3-7-14(18)8-4-12/h1-8,15-16H,9-10H2. The molecule has 0 aliphatic heterocycles. The molecule has 2 aromatic carbocycles. The Morgan fingerprint density at radius 3 is 1.38 bits per heavy atom. The van der Waals surface area contributed by atoms with Crippen LogP contribution in [0.4, 0.5) is 0 Å². The van der Waals surface area contributed by atoms with E-state index >= 15 is 0 Å². The van der Waals surface area contributed by atoms with E-state index in [1.807, 2.05) is 48.5 Å². The number of benzene rings is 2. The van der Waals surface area contributed by atoms with Gasteiger partial charge in [-0.25, -0.2) is 0 Å². The van der Waals surface area contributed by atoms with Crippen LogP contribution in [-0.2, 0) is 4.74 Å². The summed E-state index contributed by atoms with van der Waals surface area (Å²) in [5.74, 6) is 0. The van der Waals surface area contributed by atoms with Gasteiger partial charge < -0.3 is 4.74 Å². The number of hydrogen-bond donors (Lipinski definition) is 0. The van der Waals surface area contributed by atoms with Crippen molar-refractivity contribution < 1.29 is 4.74 Å². The van der Waals surface area contributed by atoms with E-state index in [0.717, 1.165) is 10.0 Å². The van der Waals surface area contributed by atoms with Gasteiger partial charge in [-0.2, -0.15) is 0 Å². The minimum absolute atomic E-state index is 0.327.